The molecule has 4 atom stereocenters. The lowest BCUT2D eigenvalue weighted by atomic mass is 10.1. The average Bonchev–Trinajstić information content (AvgIpc) is 2.65. The molecule has 0 aliphatic carbocycles. The van der Waals surface area contributed by atoms with Gasteiger partial charge < -0.3 is 20.1 Å². The average molecular weight is 285 g/mol. The van der Waals surface area contributed by atoms with Crippen LogP contribution in [0.5, 0.6) is 0 Å². The van der Waals surface area contributed by atoms with Crippen LogP contribution >= 0.6 is 0 Å². The molecule has 1 aliphatic heterocycles. The highest BCUT2D eigenvalue weighted by molar-refractivity contribution is 5.00. The standard InChI is InChI=1S/C9H11N5O6/c10-13-12-9(3-15)6(18)5(17)7(20-9)14-2-1-4(16)11-8(14)19/h1-2,5-7,15,17-18H,3H2,(H,11,16,19)/t5?,6-,7+,9+/m0/s1. The lowest BCUT2D eigenvalue weighted by Gasteiger charge is -2.23. The van der Waals surface area contributed by atoms with E-state index in [0.717, 1.165) is 16.8 Å². The molecule has 1 saturated heterocycles. The second-order valence-electron chi connectivity index (χ2n) is 4.15. The van der Waals surface area contributed by atoms with E-state index in [4.69, 9.17) is 10.3 Å². The van der Waals surface area contributed by atoms with Crippen LogP contribution in [0.2, 0.25) is 0 Å². The second-order valence-corrected chi connectivity index (χ2v) is 4.15. The summed E-state index contributed by atoms with van der Waals surface area (Å²) in [4.78, 5) is 26.9. The van der Waals surface area contributed by atoms with Crippen LogP contribution in [0.1, 0.15) is 6.23 Å². The van der Waals surface area contributed by atoms with Crippen molar-refractivity contribution in [1.29, 1.82) is 0 Å². The molecule has 2 rings (SSSR count). The molecule has 1 unspecified atom stereocenters. The predicted octanol–water partition coefficient (Wildman–Crippen LogP) is -2.21. The van der Waals surface area contributed by atoms with E-state index in [-0.39, 0.29) is 0 Å². The van der Waals surface area contributed by atoms with Crippen molar-refractivity contribution in [3.63, 3.8) is 0 Å². The minimum atomic E-state index is -2.10. The van der Waals surface area contributed by atoms with E-state index in [9.17, 15) is 24.9 Å². The largest absolute Gasteiger partial charge is 0.393 e. The summed E-state index contributed by atoms with van der Waals surface area (Å²) < 4.78 is 5.95. The van der Waals surface area contributed by atoms with Crippen LogP contribution in [0.25, 0.3) is 10.4 Å². The predicted molar refractivity (Wildman–Crippen MR) is 62.4 cm³/mol. The fourth-order valence-corrected chi connectivity index (χ4v) is 1.94. The first-order valence-electron chi connectivity index (χ1n) is 5.48. The van der Waals surface area contributed by atoms with E-state index in [2.05, 4.69) is 10.0 Å². The smallest absolute Gasteiger partial charge is 0.330 e. The van der Waals surface area contributed by atoms with Crippen LogP contribution in [0.4, 0.5) is 0 Å². The third-order valence-corrected chi connectivity index (χ3v) is 2.97. The van der Waals surface area contributed by atoms with Crippen LogP contribution in [-0.2, 0) is 4.74 Å². The van der Waals surface area contributed by atoms with Crippen molar-refractivity contribution in [1.82, 2.24) is 9.55 Å². The second kappa shape index (κ2) is 5.07. The Balaban J connectivity index is 2.47. The number of rotatable bonds is 3. The van der Waals surface area contributed by atoms with Crippen molar-refractivity contribution in [2.24, 2.45) is 5.11 Å². The molecular formula is C9H11N5O6. The van der Waals surface area contributed by atoms with Gasteiger partial charge in [-0.2, -0.15) is 0 Å². The highest BCUT2D eigenvalue weighted by atomic mass is 16.6. The fraction of sp³-hybridized carbons (Fsp3) is 0.556. The lowest BCUT2D eigenvalue weighted by Crippen LogP contribution is -2.44. The molecule has 20 heavy (non-hydrogen) atoms. The topological polar surface area (TPSA) is 174 Å². The minimum Gasteiger partial charge on any atom is -0.393 e. The summed E-state index contributed by atoms with van der Waals surface area (Å²) in [7, 11) is 0. The quantitative estimate of drug-likeness (QED) is 0.278. The number of hydrogen-bond donors (Lipinski definition) is 4. The molecule has 1 aromatic heterocycles. The molecule has 1 aromatic rings. The minimum absolute atomic E-state index is 0.650. The fourth-order valence-electron chi connectivity index (χ4n) is 1.94. The number of hydrogen-bond acceptors (Lipinski definition) is 7. The number of nitrogens with one attached hydrogen (secondary N) is 1. The number of aromatic amines is 1. The van der Waals surface area contributed by atoms with Gasteiger partial charge in [-0.3, -0.25) is 14.3 Å². The van der Waals surface area contributed by atoms with E-state index in [1.54, 1.807) is 0 Å². The van der Waals surface area contributed by atoms with Gasteiger partial charge in [-0.15, -0.1) is 0 Å². The number of ether oxygens (including phenoxy) is 1. The van der Waals surface area contributed by atoms with Crippen molar-refractivity contribution in [3.05, 3.63) is 43.5 Å². The first-order chi connectivity index (χ1) is 9.45. The number of aromatic nitrogens is 2. The molecule has 0 radical (unpaired) electrons. The SMILES string of the molecule is [N-]=[N+]=N[C@]1(CO)O[C@@H](n2ccc(=O)[nH]c2=O)C(O)[C@@H]1O. The first-order valence-corrected chi connectivity index (χ1v) is 5.48. The highest BCUT2D eigenvalue weighted by Crippen LogP contribution is 2.37. The van der Waals surface area contributed by atoms with E-state index in [0.29, 0.717) is 0 Å². The highest BCUT2D eigenvalue weighted by Gasteiger charge is 2.54. The molecule has 0 amide bonds. The van der Waals surface area contributed by atoms with Gasteiger partial charge in [0.15, 0.2) is 6.23 Å². The van der Waals surface area contributed by atoms with Crippen molar-refractivity contribution in [2.75, 3.05) is 6.61 Å². The zero-order valence-corrected chi connectivity index (χ0v) is 9.95. The summed E-state index contributed by atoms with van der Waals surface area (Å²) in [6, 6.07) is 1.01. The Morgan fingerprint density at radius 1 is 1.55 bits per heavy atom. The molecule has 11 heteroatoms. The van der Waals surface area contributed by atoms with Crippen molar-refractivity contribution < 1.29 is 20.1 Å². The summed E-state index contributed by atoms with van der Waals surface area (Å²) in [5, 5.41) is 32.1. The number of azide groups is 1. The summed E-state index contributed by atoms with van der Waals surface area (Å²) in [6.07, 6.45) is -3.76. The van der Waals surface area contributed by atoms with Crippen LogP contribution in [0.3, 0.4) is 0 Å². The molecular weight excluding hydrogens is 274 g/mol. The number of nitrogens with zero attached hydrogens (tertiary/aromatic N) is 4. The maximum absolute atomic E-state index is 11.6. The van der Waals surface area contributed by atoms with E-state index in [1.165, 1.54) is 0 Å². The van der Waals surface area contributed by atoms with Gasteiger partial charge in [0.25, 0.3) is 5.56 Å². The van der Waals surface area contributed by atoms with Crippen molar-refractivity contribution in [3.8, 4) is 0 Å². The maximum atomic E-state index is 11.6. The Labute approximate surface area is 110 Å². The van der Waals surface area contributed by atoms with Gasteiger partial charge in [0.1, 0.15) is 12.2 Å². The number of aliphatic hydroxyl groups is 3. The third kappa shape index (κ3) is 2.09. The Bertz CT molecular complexity index is 663. The van der Waals surface area contributed by atoms with Crippen LogP contribution < -0.4 is 11.2 Å². The van der Waals surface area contributed by atoms with Gasteiger partial charge in [-0.1, -0.05) is 5.11 Å². The van der Waals surface area contributed by atoms with Gasteiger partial charge in [0.05, 0.1) is 6.61 Å². The number of aliphatic hydroxyl groups excluding tert-OH is 3. The summed E-state index contributed by atoms with van der Waals surface area (Å²) in [6.45, 7) is -0.899. The van der Waals surface area contributed by atoms with E-state index in [1.807, 2.05) is 4.98 Å². The van der Waals surface area contributed by atoms with Crippen LogP contribution in [0.15, 0.2) is 27.0 Å². The Hall–Kier alpha value is -2.17. The van der Waals surface area contributed by atoms with Crippen LogP contribution in [0, 0.1) is 0 Å². The monoisotopic (exact) mass is 285 g/mol. The molecule has 0 bridgehead atoms. The molecule has 1 fully saturated rings. The number of H-pyrrole nitrogens is 1. The van der Waals surface area contributed by atoms with Gasteiger partial charge >= 0.3 is 5.69 Å². The zero-order chi connectivity index (χ0) is 14.9. The normalized spacial score (nSPS) is 32.9. The molecule has 4 N–H and O–H groups in total. The van der Waals surface area contributed by atoms with Crippen molar-refractivity contribution >= 4 is 0 Å². The molecule has 108 valence electrons. The maximum Gasteiger partial charge on any atom is 0.330 e. The van der Waals surface area contributed by atoms with Gasteiger partial charge in [0, 0.05) is 17.2 Å². The summed E-state index contributed by atoms with van der Waals surface area (Å²) in [5.74, 6) is 0. The third-order valence-electron chi connectivity index (χ3n) is 2.97. The molecule has 1 aliphatic rings. The first kappa shape index (κ1) is 14.2. The van der Waals surface area contributed by atoms with Crippen molar-refractivity contribution in [2.45, 2.75) is 24.2 Å². The Morgan fingerprint density at radius 2 is 2.25 bits per heavy atom. The molecule has 0 spiro atoms. The molecule has 0 aromatic carbocycles. The molecule has 11 nitrogen and oxygen atoms in total. The summed E-state index contributed by atoms with van der Waals surface area (Å²) >= 11 is 0. The van der Waals surface area contributed by atoms with Crippen LogP contribution in [-0.4, -0.2) is 49.4 Å². The van der Waals surface area contributed by atoms with Gasteiger partial charge in [-0.25, -0.2) is 4.79 Å². The Kier molecular flexibility index (Phi) is 3.61. The Morgan fingerprint density at radius 3 is 2.80 bits per heavy atom. The zero-order valence-electron chi connectivity index (χ0n) is 9.95. The summed E-state index contributed by atoms with van der Waals surface area (Å²) in [5.41, 5.74) is 4.79. The van der Waals surface area contributed by atoms with E-state index < -0.39 is 42.0 Å². The van der Waals surface area contributed by atoms with Gasteiger partial charge in [-0.05, 0) is 5.53 Å². The van der Waals surface area contributed by atoms with E-state index >= 15 is 0 Å². The van der Waals surface area contributed by atoms with Gasteiger partial charge in [0.2, 0.25) is 5.72 Å². The lowest BCUT2D eigenvalue weighted by molar-refractivity contribution is -0.125. The molecule has 2 heterocycles. The molecule has 0 saturated carbocycles.